The first kappa shape index (κ1) is 11.1. The molecule has 0 spiro atoms. The second-order valence-electron chi connectivity index (χ2n) is 3.29. The van der Waals surface area contributed by atoms with E-state index < -0.39 is 0 Å². The second kappa shape index (κ2) is 5.68. The molecule has 0 radical (unpaired) electrons. The molecule has 0 bridgehead atoms. The maximum absolute atomic E-state index is 8.00. The van der Waals surface area contributed by atoms with E-state index in [9.17, 15) is 0 Å². The predicted octanol–water partition coefficient (Wildman–Crippen LogP) is 1.57. The number of nitrogens with zero attached hydrogens (tertiary/aromatic N) is 1. The van der Waals surface area contributed by atoms with Gasteiger partial charge in [0.25, 0.3) is 0 Å². The number of hydrogen-bond acceptors (Lipinski definition) is 2. The van der Waals surface area contributed by atoms with Gasteiger partial charge in [0.2, 0.25) is 0 Å². The Balaban J connectivity index is 0.000000461. The van der Waals surface area contributed by atoms with Crippen LogP contribution in [0, 0.1) is 11.8 Å². The molecule has 1 unspecified atom stereocenters. The molecule has 1 rings (SSSR count). The van der Waals surface area contributed by atoms with Gasteiger partial charge in [0, 0.05) is 13.1 Å². The van der Waals surface area contributed by atoms with E-state index in [0.717, 1.165) is 11.8 Å². The Morgan fingerprint density at radius 1 is 1.55 bits per heavy atom. The number of rotatable bonds is 1. The SMILES string of the molecule is C=O.CC(C)[C@H]1CCN(P)C1. The lowest BCUT2D eigenvalue weighted by atomic mass is 9.96. The summed E-state index contributed by atoms with van der Waals surface area (Å²) in [6, 6.07) is 0. The first-order valence-electron chi connectivity index (χ1n) is 3.98. The molecule has 0 amide bonds. The molecule has 0 saturated carbocycles. The molecule has 0 aromatic carbocycles. The molecule has 1 saturated heterocycles. The third kappa shape index (κ3) is 3.83. The quantitative estimate of drug-likeness (QED) is 0.564. The summed E-state index contributed by atoms with van der Waals surface area (Å²) in [6.45, 7) is 9.18. The fourth-order valence-corrected chi connectivity index (χ4v) is 1.78. The van der Waals surface area contributed by atoms with Crippen LogP contribution >= 0.6 is 9.39 Å². The molecular formula is C8H18NOP. The van der Waals surface area contributed by atoms with Crippen LogP contribution in [-0.4, -0.2) is 24.5 Å². The Hall–Kier alpha value is 0.0600. The van der Waals surface area contributed by atoms with Gasteiger partial charge < -0.3 is 4.79 Å². The fourth-order valence-electron chi connectivity index (χ4n) is 1.36. The Morgan fingerprint density at radius 2 is 2.09 bits per heavy atom. The Bertz CT molecular complexity index is 108. The zero-order valence-electron chi connectivity index (χ0n) is 7.42. The molecule has 0 aliphatic carbocycles. The van der Waals surface area contributed by atoms with Crippen LogP contribution in [0.5, 0.6) is 0 Å². The van der Waals surface area contributed by atoms with Crippen LogP contribution < -0.4 is 0 Å². The maximum atomic E-state index is 8.00. The monoisotopic (exact) mass is 175 g/mol. The first-order valence-corrected chi connectivity index (χ1v) is 4.50. The maximum Gasteiger partial charge on any atom is 0.106 e. The summed E-state index contributed by atoms with van der Waals surface area (Å²) in [5.41, 5.74) is 0. The first-order chi connectivity index (χ1) is 5.20. The van der Waals surface area contributed by atoms with Crippen molar-refractivity contribution in [2.24, 2.45) is 11.8 Å². The highest BCUT2D eigenvalue weighted by Gasteiger charge is 2.21. The van der Waals surface area contributed by atoms with E-state index in [1.54, 1.807) is 0 Å². The standard InChI is InChI=1S/C7H16NP.CH2O/c1-6(2)7-3-4-8(9)5-7;1-2/h6-7H,3-5,9H2,1-2H3;1H2/t7-;/m0./s1. The number of carbonyl (C=O) groups excluding carboxylic acids is 1. The lowest BCUT2D eigenvalue weighted by molar-refractivity contribution is -0.0979. The third-order valence-corrected chi connectivity index (χ3v) is 2.67. The summed E-state index contributed by atoms with van der Waals surface area (Å²) < 4.78 is 2.34. The van der Waals surface area contributed by atoms with Gasteiger partial charge in [0.15, 0.2) is 0 Å². The summed E-state index contributed by atoms with van der Waals surface area (Å²) in [7, 11) is 2.77. The topological polar surface area (TPSA) is 20.3 Å². The third-order valence-electron chi connectivity index (χ3n) is 2.20. The van der Waals surface area contributed by atoms with Gasteiger partial charge >= 0.3 is 0 Å². The molecule has 1 fully saturated rings. The molecule has 1 aliphatic rings. The van der Waals surface area contributed by atoms with E-state index in [4.69, 9.17) is 4.79 Å². The van der Waals surface area contributed by atoms with Crippen molar-refractivity contribution in [1.82, 2.24) is 4.67 Å². The van der Waals surface area contributed by atoms with E-state index in [0.29, 0.717) is 0 Å². The average Bonchev–Trinajstić information content (AvgIpc) is 2.40. The minimum atomic E-state index is 0.871. The summed E-state index contributed by atoms with van der Waals surface area (Å²) in [6.07, 6.45) is 1.39. The zero-order valence-corrected chi connectivity index (χ0v) is 8.57. The van der Waals surface area contributed by atoms with Crippen LogP contribution in [0.25, 0.3) is 0 Å². The van der Waals surface area contributed by atoms with Crippen molar-refractivity contribution in [2.45, 2.75) is 20.3 Å². The summed E-state index contributed by atoms with van der Waals surface area (Å²) in [5.74, 6) is 1.82. The van der Waals surface area contributed by atoms with E-state index in [-0.39, 0.29) is 0 Å². The Kier molecular flexibility index (Phi) is 5.71. The van der Waals surface area contributed by atoms with Crippen LogP contribution in [0.3, 0.4) is 0 Å². The van der Waals surface area contributed by atoms with Gasteiger partial charge in [-0.15, -0.1) is 0 Å². The van der Waals surface area contributed by atoms with Gasteiger partial charge in [0.1, 0.15) is 6.79 Å². The number of carbonyl (C=O) groups is 1. The van der Waals surface area contributed by atoms with Crippen LogP contribution in [0.15, 0.2) is 0 Å². The molecular weight excluding hydrogens is 157 g/mol. The van der Waals surface area contributed by atoms with Crippen molar-refractivity contribution in [3.63, 3.8) is 0 Å². The highest BCUT2D eigenvalue weighted by atomic mass is 31.0. The van der Waals surface area contributed by atoms with Gasteiger partial charge in [-0.2, -0.15) is 0 Å². The molecule has 66 valence electrons. The van der Waals surface area contributed by atoms with E-state index >= 15 is 0 Å². The van der Waals surface area contributed by atoms with Crippen molar-refractivity contribution in [3.05, 3.63) is 0 Å². The molecule has 1 aliphatic heterocycles. The van der Waals surface area contributed by atoms with Gasteiger partial charge in [-0.05, 0) is 18.3 Å². The van der Waals surface area contributed by atoms with Gasteiger partial charge in [-0.1, -0.05) is 23.2 Å². The van der Waals surface area contributed by atoms with Crippen molar-refractivity contribution < 1.29 is 4.79 Å². The molecule has 2 nitrogen and oxygen atoms in total. The Morgan fingerprint density at radius 3 is 2.27 bits per heavy atom. The van der Waals surface area contributed by atoms with E-state index in [1.807, 2.05) is 6.79 Å². The lowest BCUT2D eigenvalue weighted by Gasteiger charge is -2.12. The van der Waals surface area contributed by atoms with Crippen LogP contribution in [0.2, 0.25) is 0 Å². The van der Waals surface area contributed by atoms with Crippen molar-refractivity contribution in [2.75, 3.05) is 13.1 Å². The van der Waals surface area contributed by atoms with Crippen LogP contribution in [-0.2, 0) is 4.79 Å². The minimum Gasteiger partial charge on any atom is -0.307 e. The van der Waals surface area contributed by atoms with Crippen LogP contribution in [0.1, 0.15) is 20.3 Å². The van der Waals surface area contributed by atoms with Crippen molar-refractivity contribution in [1.29, 1.82) is 0 Å². The Labute approximate surface area is 71.6 Å². The van der Waals surface area contributed by atoms with E-state index in [1.165, 1.54) is 19.5 Å². The molecule has 1 heterocycles. The smallest absolute Gasteiger partial charge is 0.106 e. The summed E-state index contributed by atoms with van der Waals surface area (Å²) in [5, 5.41) is 0. The highest BCUT2D eigenvalue weighted by molar-refractivity contribution is 7.13. The highest BCUT2D eigenvalue weighted by Crippen LogP contribution is 2.25. The largest absolute Gasteiger partial charge is 0.307 e. The number of hydrogen-bond donors (Lipinski definition) is 0. The molecule has 0 aromatic rings. The van der Waals surface area contributed by atoms with Crippen molar-refractivity contribution in [3.8, 4) is 0 Å². The average molecular weight is 175 g/mol. The van der Waals surface area contributed by atoms with Crippen LogP contribution in [0.4, 0.5) is 0 Å². The predicted molar refractivity (Wildman–Crippen MR) is 51.3 cm³/mol. The lowest BCUT2D eigenvalue weighted by Crippen LogP contribution is -2.11. The van der Waals surface area contributed by atoms with Gasteiger partial charge in [-0.3, -0.25) is 4.67 Å². The zero-order chi connectivity index (χ0) is 8.85. The summed E-state index contributed by atoms with van der Waals surface area (Å²) in [4.78, 5) is 8.00. The molecule has 11 heavy (non-hydrogen) atoms. The summed E-state index contributed by atoms with van der Waals surface area (Å²) >= 11 is 0. The molecule has 0 N–H and O–H groups in total. The fraction of sp³-hybridized carbons (Fsp3) is 0.875. The van der Waals surface area contributed by atoms with E-state index in [2.05, 4.69) is 27.9 Å². The molecule has 3 heteroatoms. The molecule has 0 aromatic heterocycles. The second-order valence-corrected chi connectivity index (χ2v) is 4.02. The molecule has 2 atom stereocenters. The van der Waals surface area contributed by atoms with Crippen molar-refractivity contribution >= 4 is 16.2 Å². The van der Waals surface area contributed by atoms with Gasteiger partial charge in [0.05, 0.1) is 0 Å². The van der Waals surface area contributed by atoms with Gasteiger partial charge in [-0.25, -0.2) is 0 Å². The minimum absolute atomic E-state index is 0.871. The normalized spacial score (nSPS) is 24.9.